The maximum absolute atomic E-state index is 12.2. The number of aliphatic hydroxyl groups excluding tert-OH is 1. The summed E-state index contributed by atoms with van der Waals surface area (Å²) in [7, 11) is -3.80. The third-order valence-electron chi connectivity index (χ3n) is 2.54. The topological polar surface area (TPSA) is 66.4 Å². The highest BCUT2D eigenvalue weighted by Crippen LogP contribution is 2.35. The van der Waals surface area contributed by atoms with E-state index in [2.05, 4.69) is 4.72 Å². The smallest absolute Gasteiger partial charge is 0.264 e. The Morgan fingerprint density at radius 3 is 2.55 bits per heavy atom. The number of anilines is 1. The fourth-order valence-corrected chi connectivity index (χ4v) is 4.78. The third kappa shape index (κ3) is 3.45. The number of hydrogen-bond donors (Lipinski definition) is 2. The SMILES string of the molecule is CC(O)c1cccc(NS(=O)(=O)c2cc(Cl)sc2Cl)c1. The molecule has 108 valence electrons. The molecule has 0 spiro atoms. The molecule has 1 aromatic heterocycles. The predicted molar refractivity (Wildman–Crippen MR) is 82.2 cm³/mol. The number of halogens is 2. The number of nitrogens with one attached hydrogen (secondary N) is 1. The normalized spacial score (nSPS) is 13.2. The van der Waals surface area contributed by atoms with Crippen LogP contribution in [0.4, 0.5) is 5.69 Å². The van der Waals surface area contributed by atoms with E-state index < -0.39 is 16.1 Å². The molecule has 0 aliphatic rings. The van der Waals surface area contributed by atoms with Gasteiger partial charge in [-0.05, 0) is 30.7 Å². The second-order valence-corrected chi connectivity index (χ2v) is 8.03. The van der Waals surface area contributed by atoms with Crippen molar-refractivity contribution in [2.75, 3.05) is 4.72 Å². The third-order valence-corrected chi connectivity index (χ3v) is 5.67. The molecule has 2 aromatic rings. The highest BCUT2D eigenvalue weighted by Gasteiger charge is 2.21. The average molecular weight is 352 g/mol. The molecule has 4 nitrogen and oxygen atoms in total. The number of aliphatic hydroxyl groups is 1. The summed E-state index contributed by atoms with van der Waals surface area (Å²) in [6, 6.07) is 7.81. The van der Waals surface area contributed by atoms with Crippen LogP contribution in [-0.4, -0.2) is 13.5 Å². The van der Waals surface area contributed by atoms with Gasteiger partial charge in [0.15, 0.2) is 0 Å². The quantitative estimate of drug-likeness (QED) is 0.877. The van der Waals surface area contributed by atoms with Gasteiger partial charge in [0.25, 0.3) is 10.0 Å². The first kappa shape index (κ1) is 15.6. The maximum Gasteiger partial charge on any atom is 0.264 e. The van der Waals surface area contributed by atoms with Gasteiger partial charge in [-0.25, -0.2) is 8.42 Å². The largest absolute Gasteiger partial charge is 0.389 e. The lowest BCUT2D eigenvalue weighted by Crippen LogP contribution is -2.12. The van der Waals surface area contributed by atoms with E-state index >= 15 is 0 Å². The van der Waals surface area contributed by atoms with Crippen LogP contribution in [0.25, 0.3) is 0 Å². The monoisotopic (exact) mass is 351 g/mol. The molecule has 2 N–H and O–H groups in total. The Morgan fingerprint density at radius 1 is 1.30 bits per heavy atom. The lowest BCUT2D eigenvalue weighted by atomic mass is 10.1. The molecular weight excluding hydrogens is 341 g/mol. The maximum atomic E-state index is 12.2. The average Bonchev–Trinajstić information content (AvgIpc) is 2.69. The van der Waals surface area contributed by atoms with Crippen LogP contribution in [0.15, 0.2) is 35.2 Å². The van der Waals surface area contributed by atoms with Crippen LogP contribution in [0.3, 0.4) is 0 Å². The van der Waals surface area contributed by atoms with Gasteiger partial charge >= 0.3 is 0 Å². The molecule has 1 unspecified atom stereocenters. The highest BCUT2D eigenvalue weighted by molar-refractivity contribution is 7.93. The summed E-state index contributed by atoms with van der Waals surface area (Å²) in [5, 5.41) is 9.50. The molecule has 0 radical (unpaired) electrons. The zero-order chi connectivity index (χ0) is 14.9. The van der Waals surface area contributed by atoms with Gasteiger partial charge < -0.3 is 5.11 Å². The molecule has 0 aliphatic heterocycles. The van der Waals surface area contributed by atoms with E-state index in [1.807, 2.05) is 0 Å². The lowest BCUT2D eigenvalue weighted by Gasteiger charge is -2.10. The minimum absolute atomic E-state index is 0.0587. The van der Waals surface area contributed by atoms with Gasteiger partial charge in [-0.15, -0.1) is 11.3 Å². The van der Waals surface area contributed by atoms with E-state index in [-0.39, 0.29) is 9.23 Å². The fraction of sp³-hybridized carbons (Fsp3) is 0.167. The van der Waals surface area contributed by atoms with Gasteiger partial charge in [-0.2, -0.15) is 0 Å². The Balaban J connectivity index is 2.33. The number of thiophene rings is 1. The second kappa shape index (κ2) is 5.91. The molecule has 0 aliphatic carbocycles. The molecule has 8 heteroatoms. The molecule has 1 atom stereocenters. The van der Waals surface area contributed by atoms with Crippen LogP contribution >= 0.6 is 34.5 Å². The molecule has 0 saturated carbocycles. The molecular formula is C12H11Cl2NO3S2. The Hall–Kier alpha value is -0.790. The molecule has 0 fully saturated rings. The lowest BCUT2D eigenvalue weighted by molar-refractivity contribution is 0.199. The van der Waals surface area contributed by atoms with E-state index in [1.165, 1.54) is 6.07 Å². The molecule has 0 saturated heterocycles. The minimum Gasteiger partial charge on any atom is -0.389 e. The van der Waals surface area contributed by atoms with Crippen molar-refractivity contribution in [3.63, 3.8) is 0 Å². The van der Waals surface area contributed by atoms with Crippen molar-refractivity contribution in [3.05, 3.63) is 44.6 Å². The van der Waals surface area contributed by atoms with Gasteiger partial charge in [0.05, 0.1) is 10.4 Å². The summed E-state index contributed by atoms with van der Waals surface area (Å²) in [6.07, 6.45) is -0.682. The summed E-state index contributed by atoms with van der Waals surface area (Å²) in [5.74, 6) is 0. The van der Waals surface area contributed by atoms with Gasteiger partial charge in [0.1, 0.15) is 9.23 Å². The minimum atomic E-state index is -3.80. The van der Waals surface area contributed by atoms with Crippen molar-refractivity contribution < 1.29 is 13.5 Å². The zero-order valence-electron chi connectivity index (χ0n) is 10.3. The van der Waals surface area contributed by atoms with Crippen molar-refractivity contribution in [3.8, 4) is 0 Å². The van der Waals surface area contributed by atoms with Crippen LogP contribution in [0.5, 0.6) is 0 Å². The van der Waals surface area contributed by atoms with Crippen LogP contribution in [0.1, 0.15) is 18.6 Å². The summed E-state index contributed by atoms with van der Waals surface area (Å²) in [6.45, 7) is 1.60. The van der Waals surface area contributed by atoms with Crippen LogP contribution < -0.4 is 4.72 Å². The Bertz CT molecular complexity index is 726. The Labute approximate surface area is 131 Å². The van der Waals surface area contributed by atoms with Crippen molar-refractivity contribution in [2.45, 2.75) is 17.9 Å². The second-order valence-electron chi connectivity index (χ2n) is 4.10. The molecule has 20 heavy (non-hydrogen) atoms. The number of hydrogen-bond acceptors (Lipinski definition) is 4. The first-order valence-electron chi connectivity index (χ1n) is 5.55. The van der Waals surface area contributed by atoms with Gasteiger partial charge in [-0.3, -0.25) is 4.72 Å². The van der Waals surface area contributed by atoms with E-state index in [1.54, 1.807) is 31.2 Å². The first-order valence-corrected chi connectivity index (χ1v) is 8.61. The summed E-state index contributed by atoms with van der Waals surface area (Å²) < 4.78 is 27.2. The van der Waals surface area contributed by atoms with Crippen LogP contribution in [0, 0.1) is 0 Å². The summed E-state index contributed by atoms with van der Waals surface area (Å²) in [4.78, 5) is -0.0587. The van der Waals surface area contributed by atoms with Crippen molar-refractivity contribution in [2.24, 2.45) is 0 Å². The highest BCUT2D eigenvalue weighted by atomic mass is 35.5. The van der Waals surface area contributed by atoms with Crippen LogP contribution in [0.2, 0.25) is 8.67 Å². The Morgan fingerprint density at radius 2 is 2.00 bits per heavy atom. The fourth-order valence-electron chi connectivity index (χ4n) is 1.58. The molecule has 1 heterocycles. The van der Waals surface area contributed by atoms with Crippen molar-refractivity contribution >= 4 is 50.2 Å². The van der Waals surface area contributed by atoms with E-state index in [4.69, 9.17) is 23.2 Å². The number of benzene rings is 1. The predicted octanol–water partition coefficient (Wildman–Crippen LogP) is 3.91. The molecule has 1 aromatic carbocycles. The Kier molecular flexibility index (Phi) is 4.61. The number of sulfonamides is 1. The summed E-state index contributed by atoms with van der Waals surface area (Å²) in [5.41, 5.74) is 0.960. The van der Waals surface area contributed by atoms with Gasteiger partial charge in [0.2, 0.25) is 0 Å². The zero-order valence-corrected chi connectivity index (χ0v) is 13.4. The molecule has 0 amide bonds. The van der Waals surface area contributed by atoms with Crippen LogP contribution in [-0.2, 0) is 10.0 Å². The standard InChI is InChI=1S/C12H11Cl2NO3S2/c1-7(16)8-3-2-4-9(5-8)15-20(17,18)10-6-11(13)19-12(10)14/h2-7,15-16H,1H3. The van der Waals surface area contributed by atoms with E-state index in [9.17, 15) is 13.5 Å². The summed E-state index contributed by atoms with van der Waals surface area (Å²) >= 11 is 12.6. The number of rotatable bonds is 4. The van der Waals surface area contributed by atoms with Gasteiger partial charge in [0, 0.05) is 5.69 Å². The van der Waals surface area contributed by atoms with Crippen molar-refractivity contribution in [1.82, 2.24) is 0 Å². The van der Waals surface area contributed by atoms with E-state index in [0.29, 0.717) is 15.6 Å². The van der Waals surface area contributed by atoms with E-state index in [0.717, 1.165) is 11.3 Å². The molecule has 0 bridgehead atoms. The first-order chi connectivity index (χ1) is 9.29. The van der Waals surface area contributed by atoms with Crippen molar-refractivity contribution in [1.29, 1.82) is 0 Å². The molecule has 2 rings (SSSR count). The van der Waals surface area contributed by atoms with Gasteiger partial charge in [-0.1, -0.05) is 35.3 Å².